The summed E-state index contributed by atoms with van der Waals surface area (Å²) >= 11 is 6.39. The molecule has 4 rings (SSSR count). The summed E-state index contributed by atoms with van der Waals surface area (Å²) in [7, 11) is 0. The summed E-state index contributed by atoms with van der Waals surface area (Å²) in [5.41, 5.74) is -0.982. The molecule has 6 atom stereocenters. The lowest BCUT2D eigenvalue weighted by molar-refractivity contribution is -0.189. The fraction of sp³-hybridized carbons (Fsp3) is 0.400. The van der Waals surface area contributed by atoms with Gasteiger partial charge in [0.25, 0.3) is 0 Å². The SMILES string of the molecule is CC1NC(C)C(C(=O)O)(C(C)OCCOC(c2ccccc2)c2ccccc2)C(c2cccc(Cl)c2)C1(CCC#N)C(=O)O. The van der Waals surface area contributed by atoms with Gasteiger partial charge < -0.3 is 25.0 Å². The minimum atomic E-state index is -1.75. The molecule has 6 unspecified atom stereocenters. The number of benzene rings is 3. The van der Waals surface area contributed by atoms with E-state index in [4.69, 9.17) is 21.1 Å². The number of nitrogens with zero attached hydrogens (tertiary/aromatic N) is 1. The van der Waals surface area contributed by atoms with Crippen molar-refractivity contribution in [2.75, 3.05) is 13.2 Å². The maximum absolute atomic E-state index is 13.6. The molecule has 0 spiro atoms. The van der Waals surface area contributed by atoms with Crippen molar-refractivity contribution in [2.24, 2.45) is 10.8 Å². The summed E-state index contributed by atoms with van der Waals surface area (Å²) in [6.07, 6.45) is -1.44. The van der Waals surface area contributed by atoms with Crippen LogP contribution in [0.1, 0.15) is 62.3 Å². The van der Waals surface area contributed by atoms with E-state index in [1.165, 1.54) is 0 Å². The minimum Gasteiger partial charge on any atom is -0.481 e. The van der Waals surface area contributed by atoms with Crippen molar-refractivity contribution < 1.29 is 29.3 Å². The van der Waals surface area contributed by atoms with E-state index in [1.807, 2.05) is 60.7 Å². The molecule has 1 heterocycles. The maximum atomic E-state index is 13.6. The first-order chi connectivity index (χ1) is 21.1. The molecule has 0 amide bonds. The number of nitriles is 1. The summed E-state index contributed by atoms with van der Waals surface area (Å²) in [6.45, 7) is 5.37. The predicted molar refractivity (Wildman–Crippen MR) is 167 cm³/mol. The van der Waals surface area contributed by atoms with Crippen LogP contribution in [-0.4, -0.2) is 53.6 Å². The highest BCUT2D eigenvalue weighted by Gasteiger charge is 2.69. The van der Waals surface area contributed by atoms with Crippen LogP contribution in [0.3, 0.4) is 0 Å². The van der Waals surface area contributed by atoms with Crippen LogP contribution >= 0.6 is 11.6 Å². The van der Waals surface area contributed by atoms with E-state index in [2.05, 4.69) is 11.4 Å². The maximum Gasteiger partial charge on any atom is 0.314 e. The fourth-order valence-electron chi connectivity index (χ4n) is 7.12. The Morgan fingerprint density at radius 3 is 2.02 bits per heavy atom. The first-order valence-electron chi connectivity index (χ1n) is 14.8. The van der Waals surface area contributed by atoms with Crippen molar-refractivity contribution in [3.8, 4) is 6.07 Å². The fourth-order valence-corrected chi connectivity index (χ4v) is 7.32. The lowest BCUT2D eigenvalue weighted by atomic mass is 9.49. The van der Waals surface area contributed by atoms with E-state index >= 15 is 0 Å². The molecule has 0 aliphatic carbocycles. The van der Waals surface area contributed by atoms with Crippen molar-refractivity contribution in [1.82, 2.24) is 5.32 Å². The molecule has 1 saturated heterocycles. The highest BCUT2D eigenvalue weighted by molar-refractivity contribution is 6.30. The Morgan fingerprint density at radius 2 is 1.50 bits per heavy atom. The molecule has 44 heavy (non-hydrogen) atoms. The summed E-state index contributed by atoms with van der Waals surface area (Å²) in [5, 5.41) is 35.0. The van der Waals surface area contributed by atoms with Gasteiger partial charge in [-0.05, 0) is 56.0 Å². The summed E-state index contributed by atoms with van der Waals surface area (Å²) < 4.78 is 12.6. The molecule has 1 aliphatic heterocycles. The number of ether oxygens (including phenoxy) is 2. The number of nitrogens with one attached hydrogen (secondary N) is 1. The number of aliphatic carboxylic acids is 2. The molecule has 0 radical (unpaired) electrons. The molecular formula is C35H39ClN2O6. The Kier molecular flexibility index (Phi) is 10.8. The quantitative estimate of drug-likeness (QED) is 0.186. The van der Waals surface area contributed by atoms with Gasteiger partial charge >= 0.3 is 11.9 Å². The zero-order chi connectivity index (χ0) is 31.9. The number of carbonyl (C=O) groups is 2. The standard InChI is InChI=1S/C35H39ClN2O6/c1-23-34(32(39)40,18-11-19-37)31(28-16-10-17-29(36)22-28)35(33(41)42,24(2)38-23)25(3)43-20-21-44-30(26-12-6-4-7-13-26)27-14-8-5-9-15-27/h4-10,12-17,22-25,30-31,38H,11,18,20-21H2,1-3H3,(H,39,40)(H,41,42). The van der Waals surface area contributed by atoms with Gasteiger partial charge in [-0.1, -0.05) is 84.4 Å². The Balaban J connectivity index is 1.70. The summed E-state index contributed by atoms with van der Waals surface area (Å²) in [5.74, 6) is -3.46. The average Bonchev–Trinajstić information content (AvgIpc) is 3.01. The lowest BCUT2D eigenvalue weighted by Crippen LogP contribution is -2.72. The van der Waals surface area contributed by atoms with E-state index in [1.54, 1.807) is 45.0 Å². The molecule has 3 aromatic rings. The van der Waals surface area contributed by atoms with Crippen molar-refractivity contribution in [3.05, 3.63) is 107 Å². The second-order valence-electron chi connectivity index (χ2n) is 11.4. The van der Waals surface area contributed by atoms with Crippen molar-refractivity contribution >= 4 is 23.5 Å². The van der Waals surface area contributed by atoms with Gasteiger partial charge in [-0.15, -0.1) is 0 Å². The topological polar surface area (TPSA) is 129 Å². The average molecular weight is 619 g/mol. The van der Waals surface area contributed by atoms with Crippen LogP contribution in [0.5, 0.6) is 0 Å². The largest absolute Gasteiger partial charge is 0.481 e. The van der Waals surface area contributed by atoms with E-state index < -0.39 is 46.9 Å². The zero-order valence-corrected chi connectivity index (χ0v) is 25.9. The van der Waals surface area contributed by atoms with E-state index in [9.17, 15) is 25.1 Å². The van der Waals surface area contributed by atoms with Gasteiger partial charge in [-0.3, -0.25) is 9.59 Å². The van der Waals surface area contributed by atoms with E-state index in [0.717, 1.165) is 11.1 Å². The highest BCUT2D eigenvalue weighted by Crippen LogP contribution is 2.59. The molecule has 3 aromatic carbocycles. The van der Waals surface area contributed by atoms with Crippen LogP contribution in [0.4, 0.5) is 0 Å². The molecule has 0 bridgehead atoms. The lowest BCUT2D eigenvalue weighted by Gasteiger charge is -2.58. The molecule has 0 saturated carbocycles. The molecule has 1 aliphatic rings. The van der Waals surface area contributed by atoms with E-state index in [0.29, 0.717) is 10.6 Å². The van der Waals surface area contributed by atoms with Crippen LogP contribution in [-0.2, 0) is 19.1 Å². The van der Waals surface area contributed by atoms with Gasteiger partial charge in [0.05, 0.1) is 30.8 Å². The van der Waals surface area contributed by atoms with Gasteiger partial charge in [-0.25, -0.2) is 0 Å². The Labute approximate surface area is 263 Å². The molecule has 232 valence electrons. The smallest absolute Gasteiger partial charge is 0.314 e. The Hall–Kier alpha value is -3.74. The number of hydrogen-bond acceptors (Lipinski definition) is 6. The Bertz CT molecular complexity index is 1430. The third kappa shape index (κ3) is 6.24. The Morgan fingerprint density at radius 1 is 0.909 bits per heavy atom. The molecule has 3 N–H and O–H groups in total. The van der Waals surface area contributed by atoms with Gasteiger partial charge in [0, 0.05) is 29.4 Å². The van der Waals surface area contributed by atoms with Crippen LogP contribution in [0.25, 0.3) is 0 Å². The van der Waals surface area contributed by atoms with Crippen LogP contribution in [0.2, 0.25) is 5.02 Å². The zero-order valence-electron chi connectivity index (χ0n) is 25.2. The molecule has 1 fully saturated rings. The van der Waals surface area contributed by atoms with Gasteiger partial charge in [0.15, 0.2) is 0 Å². The predicted octanol–water partition coefficient (Wildman–Crippen LogP) is 6.46. The number of halogens is 1. The molecule has 8 nitrogen and oxygen atoms in total. The molecule has 0 aromatic heterocycles. The number of piperidine rings is 1. The minimum absolute atomic E-state index is 0.0579. The first-order valence-corrected chi connectivity index (χ1v) is 15.2. The van der Waals surface area contributed by atoms with Crippen LogP contribution in [0, 0.1) is 22.2 Å². The highest BCUT2D eigenvalue weighted by atomic mass is 35.5. The third-order valence-electron chi connectivity index (χ3n) is 9.20. The van der Waals surface area contributed by atoms with Crippen molar-refractivity contribution in [2.45, 2.75) is 63.8 Å². The second kappa shape index (κ2) is 14.4. The number of carboxylic acids is 2. The van der Waals surface area contributed by atoms with Crippen LogP contribution in [0.15, 0.2) is 84.9 Å². The number of rotatable bonds is 13. The summed E-state index contributed by atoms with van der Waals surface area (Å²) in [6, 6.07) is 27.0. The van der Waals surface area contributed by atoms with Crippen LogP contribution < -0.4 is 5.32 Å². The van der Waals surface area contributed by atoms with Crippen molar-refractivity contribution in [3.63, 3.8) is 0 Å². The van der Waals surface area contributed by atoms with Gasteiger partial charge in [0.1, 0.15) is 11.5 Å². The third-order valence-corrected chi connectivity index (χ3v) is 9.43. The second-order valence-corrected chi connectivity index (χ2v) is 11.9. The monoisotopic (exact) mass is 618 g/mol. The number of hydrogen-bond donors (Lipinski definition) is 3. The molecule has 9 heteroatoms. The molecular weight excluding hydrogens is 580 g/mol. The summed E-state index contributed by atoms with van der Waals surface area (Å²) in [4.78, 5) is 26.8. The van der Waals surface area contributed by atoms with Gasteiger partial charge in [0.2, 0.25) is 0 Å². The normalized spacial score (nSPS) is 25.7. The van der Waals surface area contributed by atoms with Crippen molar-refractivity contribution in [1.29, 1.82) is 5.26 Å². The van der Waals surface area contributed by atoms with E-state index in [-0.39, 0.29) is 32.2 Å². The first kappa shape index (κ1) is 33.2. The number of carboxylic acid groups (broad SMARTS) is 2. The van der Waals surface area contributed by atoms with Gasteiger partial charge in [-0.2, -0.15) is 5.26 Å².